The van der Waals surface area contributed by atoms with E-state index in [0.717, 1.165) is 54.6 Å². The van der Waals surface area contributed by atoms with Gasteiger partial charge in [0.25, 0.3) is 0 Å². The van der Waals surface area contributed by atoms with Crippen molar-refractivity contribution in [3.8, 4) is 5.75 Å². The van der Waals surface area contributed by atoms with E-state index in [4.69, 9.17) is 9.15 Å². The van der Waals surface area contributed by atoms with Crippen molar-refractivity contribution in [2.24, 2.45) is 0 Å². The van der Waals surface area contributed by atoms with Gasteiger partial charge < -0.3 is 9.15 Å². The average molecular weight is 393 g/mol. The van der Waals surface area contributed by atoms with Crippen LogP contribution in [0.15, 0.2) is 51.7 Å². The first-order valence-electron chi connectivity index (χ1n) is 10.7. The van der Waals surface area contributed by atoms with Crippen LogP contribution in [0.1, 0.15) is 54.9 Å². The van der Waals surface area contributed by atoms with Gasteiger partial charge in [0.05, 0.1) is 6.54 Å². The summed E-state index contributed by atoms with van der Waals surface area (Å²) < 4.78 is 11.8. The lowest BCUT2D eigenvalue weighted by Gasteiger charge is -2.29. The minimum Gasteiger partial charge on any atom is -0.444 e. The van der Waals surface area contributed by atoms with E-state index in [1.807, 2.05) is 6.92 Å². The fourth-order valence-corrected chi connectivity index (χ4v) is 4.44. The Bertz CT molecular complexity index is 1060. The van der Waals surface area contributed by atoms with E-state index >= 15 is 0 Å². The van der Waals surface area contributed by atoms with Crippen LogP contribution < -0.4 is 15.3 Å². The van der Waals surface area contributed by atoms with Gasteiger partial charge in [-0.3, -0.25) is 4.90 Å². The predicted octanol–water partition coefficient (Wildman–Crippen LogP) is 3.98. The van der Waals surface area contributed by atoms with Gasteiger partial charge in [0, 0.05) is 28.5 Å². The fraction of sp³-hybridized carbons (Fsp3) is 0.400. The highest BCUT2D eigenvalue weighted by atomic mass is 16.5. The summed E-state index contributed by atoms with van der Waals surface area (Å²) in [7, 11) is 0. The molecule has 2 heterocycles. The van der Waals surface area contributed by atoms with E-state index in [-0.39, 0.29) is 5.63 Å². The van der Waals surface area contributed by atoms with E-state index in [9.17, 15) is 4.79 Å². The van der Waals surface area contributed by atoms with E-state index in [0.29, 0.717) is 18.2 Å². The summed E-state index contributed by atoms with van der Waals surface area (Å²) in [5, 5.41) is 1.07. The van der Waals surface area contributed by atoms with Crippen LogP contribution in [0.25, 0.3) is 11.0 Å². The number of aryl methyl sites for hydroxylation is 2. The molecule has 0 saturated heterocycles. The summed E-state index contributed by atoms with van der Waals surface area (Å²) in [5.74, 6) is 1.36. The SMILES string of the molecule is CCCCc1cc(=O)oc2c(C)c3c(cc12)C[NH+](C[C@H](C)c1ccccc1)CO3. The van der Waals surface area contributed by atoms with Crippen LogP contribution in [0.2, 0.25) is 0 Å². The molecule has 1 aromatic heterocycles. The Morgan fingerprint density at radius 2 is 1.97 bits per heavy atom. The van der Waals surface area contributed by atoms with Crippen molar-refractivity contribution in [1.29, 1.82) is 0 Å². The third-order valence-electron chi connectivity index (χ3n) is 6.00. The van der Waals surface area contributed by atoms with Gasteiger partial charge in [-0.15, -0.1) is 0 Å². The highest BCUT2D eigenvalue weighted by Crippen LogP contribution is 2.33. The minimum absolute atomic E-state index is 0.272. The van der Waals surface area contributed by atoms with Crippen molar-refractivity contribution < 1.29 is 14.1 Å². The fourth-order valence-electron chi connectivity index (χ4n) is 4.44. The molecule has 4 rings (SSSR count). The highest BCUT2D eigenvalue weighted by molar-refractivity contribution is 5.86. The Kier molecular flexibility index (Phi) is 5.72. The molecule has 3 aromatic rings. The normalized spacial score (nSPS) is 17.0. The summed E-state index contributed by atoms with van der Waals surface area (Å²) >= 11 is 0. The van der Waals surface area contributed by atoms with E-state index in [2.05, 4.69) is 50.2 Å². The molecule has 0 amide bonds. The topological polar surface area (TPSA) is 43.9 Å². The van der Waals surface area contributed by atoms with Crippen molar-refractivity contribution in [1.82, 2.24) is 0 Å². The molecule has 152 valence electrons. The number of ether oxygens (including phenoxy) is 1. The van der Waals surface area contributed by atoms with Crippen molar-refractivity contribution in [3.63, 3.8) is 0 Å². The van der Waals surface area contributed by atoms with E-state index in [1.165, 1.54) is 16.0 Å². The van der Waals surface area contributed by atoms with E-state index < -0.39 is 0 Å². The molecule has 29 heavy (non-hydrogen) atoms. The maximum absolute atomic E-state index is 12.1. The van der Waals surface area contributed by atoms with Crippen LogP contribution in [0.4, 0.5) is 0 Å². The number of rotatable bonds is 6. The number of quaternary nitrogens is 1. The number of hydrogen-bond acceptors (Lipinski definition) is 3. The van der Waals surface area contributed by atoms with Crippen LogP contribution in [0.3, 0.4) is 0 Å². The Balaban J connectivity index is 1.64. The van der Waals surface area contributed by atoms with Crippen molar-refractivity contribution in [2.75, 3.05) is 13.3 Å². The Morgan fingerprint density at radius 1 is 1.17 bits per heavy atom. The Morgan fingerprint density at radius 3 is 2.72 bits per heavy atom. The number of benzene rings is 2. The molecule has 4 heteroatoms. The first-order chi connectivity index (χ1) is 14.1. The lowest BCUT2D eigenvalue weighted by Crippen LogP contribution is -3.12. The molecule has 0 aliphatic carbocycles. The molecule has 0 bridgehead atoms. The monoisotopic (exact) mass is 392 g/mol. The second-order valence-electron chi connectivity index (χ2n) is 8.29. The molecule has 2 aromatic carbocycles. The predicted molar refractivity (Wildman–Crippen MR) is 116 cm³/mol. The largest absolute Gasteiger partial charge is 0.444 e. The van der Waals surface area contributed by atoms with Crippen molar-refractivity contribution in [3.05, 3.63) is 75.1 Å². The van der Waals surface area contributed by atoms with Gasteiger partial charge in [-0.1, -0.05) is 50.6 Å². The van der Waals surface area contributed by atoms with Gasteiger partial charge in [0.1, 0.15) is 17.9 Å². The maximum atomic E-state index is 12.1. The quantitative estimate of drug-likeness (QED) is 0.645. The lowest BCUT2D eigenvalue weighted by atomic mass is 9.97. The van der Waals surface area contributed by atoms with Gasteiger partial charge in [0.2, 0.25) is 6.73 Å². The second-order valence-corrected chi connectivity index (χ2v) is 8.29. The molecule has 1 unspecified atom stereocenters. The zero-order chi connectivity index (χ0) is 20.4. The first kappa shape index (κ1) is 19.7. The minimum atomic E-state index is -0.272. The zero-order valence-electron chi connectivity index (χ0n) is 17.6. The van der Waals surface area contributed by atoms with Crippen molar-refractivity contribution in [2.45, 2.75) is 52.5 Å². The van der Waals surface area contributed by atoms with Crippen LogP contribution in [-0.4, -0.2) is 13.3 Å². The standard InChI is InChI=1S/C25H29NO3/c1-4-5-9-20-13-23(27)29-25-18(3)24-21(12-22(20)25)15-26(16-28-24)14-17(2)19-10-7-6-8-11-19/h6-8,10-13,17H,4-5,9,14-16H2,1-3H3/p+1/t17-/m0/s1. The first-order valence-corrected chi connectivity index (χ1v) is 10.7. The third-order valence-corrected chi connectivity index (χ3v) is 6.00. The third kappa shape index (κ3) is 4.08. The van der Waals surface area contributed by atoms with Gasteiger partial charge >= 0.3 is 5.63 Å². The van der Waals surface area contributed by atoms with Gasteiger partial charge in [-0.05, 0) is 37.0 Å². The number of fused-ring (bicyclic) bond motifs is 2. The summed E-state index contributed by atoms with van der Waals surface area (Å²) in [4.78, 5) is 13.5. The highest BCUT2D eigenvalue weighted by Gasteiger charge is 2.26. The lowest BCUT2D eigenvalue weighted by molar-refractivity contribution is -0.933. The average Bonchev–Trinajstić information content (AvgIpc) is 2.73. The van der Waals surface area contributed by atoms with E-state index in [1.54, 1.807) is 6.07 Å². The van der Waals surface area contributed by atoms with Crippen molar-refractivity contribution >= 4 is 11.0 Å². The summed E-state index contributed by atoms with van der Waals surface area (Å²) in [5.41, 5.74) is 5.03. The second kappa shape index (κ2) is 8.42. The smallest absolute Gasteiger partial charge is 0.336 e. The number of nitrogens with one attached hydrogen (secondary N) is 1. The molecule has 0 fully saturated rings. The van der Waals surface area contributed by atoms with Gasteiger partial charge in [-0.25, -0.2) is 4.79 Å². The molecule has 1 N–H and O–H groups in total. The molecule has 0 radical (unpaired) electrons. The molecule has 1 aliphatic heterocycles. The summed E-state index contributed by atoms with van der Waals surface area (Å²) in [6.45, 7) is 9.04. The molecule has 0 saturated carbocycles. The number of unbranched alkanes of at least 4 members (excludes halogenated alkanes) is 1. The van der Waals surface area contributed by atoms with Crippen LogP contribution in [0, 0.1) is 6.92 Å². The maximum Gasteiger partial charge on any atom is 0.336 e. The molecule has 4 nitrogen and oxygen atoms in total. The molecule has 1 aliphatic rings. The molecule has 0 spiro atoms. The van der Waals surface area contributed by atoms with Crippen LogP contribution in [0.5, 0.6) is 5.75 Å². The summed E-state index contributed by atoms with van der Waals surface area (Å²) in [6, 6.07) is 14.5. The zero-order valence-corrected chi connectivity index (χ0v) is 17.6. The number of hydrogen-bond donors (Lipinski definition) is 1. The molecular formula is C25H30NO3+. The van der Waals surface area contributed by atoms with Crippen LogP contribution >= 0.6 is 0 Å². The van der Waals surface area contributed by atoms with Gasteiger partial charge in [0.15, 0.2) is 0 Å². The van der Waals surface area contributed by atoms with Crippen LogP contribution in [-0.2, 0) is 13.0 Å². The molecular weight excluding hydrogens is 362 g/mol. The van der Waals surface area contributed by atoms with Gasteiger partial charge in [-0.2, -0.15) is 0 Å². The Labute approximate surface area is 172 Å². The Hall–Kier alpha value is -2.59. The summed E-state index contributed by atoms with van der Waals surface area (Å²) in [6.07, 6.45) is 3.07. The molecule has 2 atom stereocenters.